The largest absolute Gasteiger partial charge is 0.488 e. The summed E-state index contributed by atoms with van der Waals surface area (Å²) in [6.45, 7) is -0.0340. The highest BCUT2D eigenvalue weighted by Crippen LogP contribution is 2.27. The van der Waals surface area contributed by atoms with Gasteiger partial charge in [0.15, 0.2) is 0 Å². The van der Waals surface area contributed by atoms with E-state index in [2.05, 4.69) is 5.32 Å². The Morgan fingerprint density at radius 2 is 2.33 bits per heavy atom. The van der Waals surface area contributed by atoms with E-state index in [9.17, 15) is 4.79 Å². The van der Waals surface area contributed by atoms with Crippen LogP contribution in [0.15, 0.2) is 24.3 Å². The van der Waals surface area contributed by atoms with Gasteiger partial charge in [-0.1, -0.05) is 18.2 Å². The molecule has 0 aromatic heterocycles. The van der Waals surface area contributed by atoms with Gasteiger partial charge in [0.05, 0.1) is 6.54 Å². The lowest BCUT2D eigenvalue weighted by atomic mass is 10.1. The number of aliphatic hydroxyl groups excluding tert-OH is 1. The van der Waals surface area contributed by atoms with Crippen molar-refractivity contribution in [3.8, 4) is 5.75 Å². The van der Waals surface area contributed by atoms with Crippen LogP contribution >= 0.6 is 0 Å². The summed E-state index contributed by atoms with van der Waals surface area (Å²) in [6, 6.07) is 7.83. The zero-order valence-electron chi connectivity index (χ0n) is 8.27. The molecule has 1 aliphatic rings. The highest BCUT2D eigenvalue weighted by molar-refractivity contribution is 5.76. The summed E-state index contributed by atoms with van der Waals surface area (Å²) in [4.78, 5) is 10.8. The zero-order valence-corrected chi connectivity index (χ0v) is 8.27. The van der Waals surface area contributed by atoms with Crippen molar-refractivity contribution in [2.45, 2.75) is 12.5 Å². The number of rotatable bonds is 3. The fraction of sp³-hybridized carbons (Fsp3) is 0.364. The topological polar surface area (TPSA) is 58.6 Å². The molecule has 0 spiro atoms. The van der Waals surface area contributed by atoms with Crippen LogP contribution in [-0.2, 0) is 11.2 Å². The van der Waals surface area contributed by atoms with E-state index in [1.54, 1.807) is 0 Å². The van der Waals surface area contributed by atoms with Crippen molar-refractivity contribution in [3.05, 3.63) is 29.8 Å². The molecule has 0 bridgehead atoms. The van der Waals surface area contributed by atoms with Crippen molar-refractivity contribution < 1.29 is 14.6 Å². The highest BCUT2D eigenvalue weighted by atomic mass is 16.5. The predicted molar refractivity (Wildman–Crippen MR) is 54.7 cm³/mol. The number of carbonyl (C=O) groups is 1. The Morgan fingerprint density at radius 3 is 3.07 bits per heavy atom. The van der Waals surface area contributed by atoms with E-state index in [1.807, 2.05) is 24.3 Å². The number of hydrogen-bond donors (Lipinski definition) is 2. The standard InChI is InChI=1S/C11H13NO3/c13-7-11(14)12-6-9-5-8-3-1-2-4-10(8)15-9/h1-4,9,13H,5-7H2,(H,12,14). The quantitative estimate of drug-likeness (QED) is 0.739. The second-order valence-electron chi connectivity index (χ2n) is 3.51. The van der Waals surface area contributed by atoms with E-state index in [4.69, 9.17) is 9.84 Å². The maximum atomic E-state index is 10.8. The van der Waals surface area contributed by atoms with Gasteiger partial charge in [-0.05, 0) is 11.6 Å². The first-order chi connectivity index (χ1) is 7.29. The van der Waals surface area contributed by atoms with Crippen molar-refractivity contribution in [2.24, 2.45) is 0 Å². The Balaban J connectivity index is 1.88. The molecule has 4 nitrogen and oxygen atoms in total. The van der Waals surface area contributed by atoms with Crippen molar-refractivity contribution in [2.75, 3.05) is 13.2 Å². The van der Waals surface area contributed by atoms with Gasteiger partial charge in [0, 0.05) is 6.42 Å². The molecule has 1 heterocycles. The van der Waals surface area contributed by atoms with Crippen LogP contribution in [0.4, 0.5) is 0 Å². The number of benzene rings is 1. The normalized spacial score (nSPS) is 18.1. The number of para-hydroxylation sites is 1. The number of hydrogen-bond acceptors (Lipinski definition) is 3. The van der Waals surface area contributed by atoms with Gasteiger partial charge >= 0.3 is 0 Å². The van der Waals surface area contributed by atoms with Crippen LogP contribution in [0, 0.1) is 0 Å². The maximum Gasteiger partial charge on any atom is 0.245 e. The fourth-order valence-electron chi connectivity index (χ4n) is 1.65. The molecule has 80 valence electrons. The number of nitrogens with one attached hydrogen (secondary N) is 1. The van der Waals surface area contributed by atoms with Crippen LogP contribution in [0.5, 0.6) is 5.75 Å². The molecule has 1 aliphatic heterocycles. The molecule has 1 amide bonds. The average molecular weight is 207 g/mol. The van der Waals surface area contributed by atoms with Crippen LogP contribution < -0.4 is 10.1 Å². The molecule has 1 aromatic rings. The Morgan fingerprint density at radius 1 is 1.53 bits per heavy atom. The summed E-state index contributed by atoms with van der Waals surface area (Å²) in [7, 11) is 0. The van der Waals surface area contributed by atoms with Crippen molar-refractivity contribution >= 4 is 5.91 Å². The molecule has 0 radical (unpaired) electrons. The fourth-order valence-corrected chi connectivity index (χ4v) is 1.65. The van der Waals surface area contributed by atoms with Crippen LogP contribution in [-0.4, -0.2) is 30.3 Å². The summed E-state index contributed by atoms with van der Waals surface area (Å²) in [5.74, 6) is 0.523. The van der Waals surface area contributed by atoms with Gasteiger partial charge in [0.2, 0.25) is 5.91 Å². The summed E-state index contributed by atoms with van der Waals surface area (Å²) in [6.07, 6.45) is 0.792. The molecule has 1 unspecified atom stereocenters. The van der Waals surface area contributed by atoms with E-state index < -0.39 is 6.61 Å². The first kappa shape index (κ1) is 9.98. The molecule has 0 fully saturated rings. The third kappa shape index (κ3) is 2.27. The number of amides is 1. The minimum atomic E-state index is -0.473. The van der Waals surface area contributed by atoms with Crippen molar-refractivity contribution in [1.29, 1.82) is 0 Å². The molecule has 0 saturated carbocycles. The molecule has 1 atom stereocenters. The second-order valence-corrected chi connectivity index (χ2v) is 3.51. The molecule has 0 saturated heterocycles. The lowest BCUT2D eigenvalue weighted by molar-refractivity contribution is -0.124. The van der Waals surface area contributed by atoms with E-state index in [0.29, 0.717) is 6.54 Å². The summed E-state index contributed by atoms with van der Waals surface area (Å²) in [5, 5.41) is 11.1. The molecule has 2 N–H and O–H groups in total. The second kappa shape index (κ2) is 4.31. The minimum absolute atomic E-state index is 0.0158. The van der Waals surface area contributed by atoms with E-state index in [0.717, 1.165) is 12.2 Å². The SMILES string of the molecule is O=C(CO)NCC1Cc2ccccc2O1. The summed E-state index contributed by atoms with van der Waals surface area (Å²) >= 11 is 0. The van der Waals surface area contributed by atoms with E-state index in [-0.39, 0.29) is 12.0 Å². The monoisotopic (exact) mass is 207 g/mol. The third-order valence-electron chi connectivity index (χ3n) is 2.38. The molecule has 1 aromatic carbocycles. The van der Waals surface area contributed by atoms with Gasteiger partial charge in [-0.2, -0.15) is 0 Å². The van der Waals surface area contributed by atoms with Gasteiger partial charge in [-0.25, -0.2) is 0 Å². The predicted octanol–water partition coefficient (Wildman–Crippen LogP) is 0.0986. The van der Waals surface area contributed by atoms with Gasteiger partial charge in [-0.3, -0.25) is 4.79 Å². The summed E-state index contributed by atoms with van der Waals surface area (Å²) in [5.41, 5.74) is 1.17. The van der Waals surface area contributed by atoms with Crippen LogP contribution in [0.1, 0.15) is 5.56 Å². The Hall–Kier alpha value is -1.55. The van der Waals surface area contributed by atoms with Crippen LogP contribution in [0.2, 0.25) is 0 Å². The smallest absolute Gasteiger partial charge is 0.245 e. The average Bonchev–Trinajstić information content (AvgIpc) is 2.68. The maximum absolute atomic E-state index is 10.8. The Kier molecular flexibility index (Phi) is 2.87. The van der Waals surface area contributed by atoms with Crippen LogP contribution in [0.25, 0.3) is 0 Å². The van der Waals surface area contributed by atoms with Gasteiger partial charge in [0.1, 0.15) is 18.5 Å². The van der Waals surface area contributed by atoms with Gasteiger partial charge < -0.3 is 15.2 Å². The lowest BCUT2D eigenvalue weighted by Crippen LogP contribution is -2.35. The molecule has 4 heteroatoms. The Labute approximate surface area is 87.9 Å². The third-order valence-corrected chi connectivity index (χ3v) is 2.38. The lowest BCUT2D eigenvalue weighted by Gasteiger charge is -2.10. The van der Waals surface area contributed by atoms with E-state index >= 15 is 0 Å². The van der Waals surface area contributed by atoms with Gasteiger partial charge in [0.25, 0.3) is 0 Å². The number of fused-ring (bicyclic) bond motifs is 1. The van der Waals surface area contributed by atoms with Crippen molar-refractivity contribution in [3.63, 3.8) is 0 Å². The molecular formula is C11H13NO3. The van der Waals surface area contributed by atoms with Crippen LogP contribution in [0.3, 0.4) is 0 Å². The summed E-state index contributed by atoms with van der Waals surface area (Å²) < 4.78 is 5.61. The molecule has 2 rings (SSSR count). The molecule has 15 heavy (non-hydrogen) atoms. The number of ether oxygens (including phenoxy) is 1. The highest BCUT2D eigenvalue weighted by Gasteiger charge is 2.22. The molecular weight excluding hydrogens is 194 g/mol. The Bertz CT molecular complexity index is 340. The first-order valence-electron chi connectivity index (χ1n) is 4.91. The van der Waals surface area contributed by atoms with Crippen molar-refractivity contribution in [1.82, 2.24) is 5.32 Å². The zero-order chi connectivity index (χ0) is 10.7. The van der Waals surface area contributed by atoms with Gasteiger partial charge in [-0.15, -0.1) is 0 Å². The molecule has 0 aliphatic carbocycles. The first-order valence-corrected chi connectivity index (χ1v) is 4.91. The number of aliphatic hydroxyl groups is 1. The minimum Gasteiger partial charge on any atom is -0.488 e. The van der Waals surface area contributed by atoms with E-state index in [1.165, 1.54) is 5.56 Å². The number of carbonyl (C=O) groups excluding carboxylic acids is 1.